The largest absolute Gasteiger partial charge is 0.344 e. The fraction of sp³-hybridized carbons (Fsp3) is 0.0169. The van der Waals surface area contributed by atoms with E-state index in [0.717, 1.165) is 33.8 Å². The summed E-state index contributed by atoms with van der Waals surface area (Å²) < 4.78 is 7.55. The van der Waals surface area contributed by atoms with Crippen LogP contribution >= 0.6 is 22.7 Å². The lowest BCUT2D eigenvalue weighted by Gasteiger charge is -2.25. The minimum atomic E-state index is -0.356. The summed E-state index contributed by atoms with van der Waals surface area (Å²) in [5.41, 5.74) is 8.76. The van der Waals surface area contributed by atoms with E-state index in [1.807, 2.05) is 22.7 Å². The summed E-state index contributed by atoms with van der Waals surface area (Å²) in [7, 11) is 0. The topological polar surface area (TPSA) is 41.7 Å². The Kier molecular flexibility index (Phi) is 8.05. The zero-order chi connectivity index (χ0) is 42.6. The highest BCUT2D eigenvalue weighted by Crippen LogP contribution is 2.46. The van der Waals surface area contributed by atoms with Crippen LogP contribution in [0.2, 0.25) is 0 Å². The summed E-state index contributed by atoms with van der Waals surface area (Å²) in [6.07, 6.45) is -0.356. The second-order valence-electron chi connectivity index (χ2n) is 16.9. The first-order valence-electron chi connectivity index (χ1n) is 22.0. The Morgan fingerprint density at radius 2 is 1.11 bits per heavy atom. The maximum atomic E-state index is 5.53. The lowest BCUT2D eigenvalue weighted by atomic mass is 9.91. The molecule has 1 N–H and O–H groups in total. The average molecular weight is 865 g/mol. The summed E-state index contributed by atoms with van der Waals surface area (Å²) in [6, 6.07) is 75.1. The molecule has 0 fully saturated rings. The van der Waals surface area contributed by atoms with Crippen molar-refractivity contribution in [3.8, 4) is 16.8 Å². The van der Waals surface area contributed by atoms with Gasteiger partial charge in [-0.05, 0) is 111 Å². The van der Waals surface area contributed by atoms with Crippen LogP contribution in [0, 0.1) is 0 Å². The molecule has 3 aromatic heterocycles. The molecule has 4 nitrogen and oxygen atoms in total. The van der Waals surface area contributed by atoms with Crippen LogP contribution in [-0.2, 0) is 0 Å². The van der Waals surface area contributed by atoms with Crippen LogP contribution < -0.4 is 5.32 Å². The van der Waals surface area contributed by atoms with E-state index in [9.17, 15) is 0 Å². The number of nitrogens with one attached hydrogen (secondary N) is 1. The Bertz CT molecular complexity index is 4170. The Hall–Kier alpha value is -7.90. The Labute approximate surface area is 381 Å². The van der Waals surface area contributed by atoms with Crippen LogP contribution in [0.4, 0.5) is 0 Å². The number of hydrogen-bond acceptors (Lipinski definition) is 5. The van der Waals surface area contributed by atoms with Gasteiger partial charge in [-0.2, -0.15) is 0 Å². The summed E-state index contributed by atoms with van der Waals surface area (Å²) in [5, 5.41) is 16.2. The minimum Gasteiger partial charge on any atom is -0.344 e. The quantitative estimate of drug-likeness (QED) is 0.184. The van der Waals surface area contributed by atoms with E-state index < -0.39 is 0 Å². The molecule has 0 amide bonds. The smallest absolute Gasteiger partial charge is 0.160 e. The molecule has 1 unspecified atom stereocenters. The number of nitrogens with zero attached hydrogens (tertiary/aromatic N) is 3. The Morgan fingerprint density at radius 1 is 0.431 bits per heavy atom. The lowest BCUT2D eigenvalue weighted by Crippen LogP contribution is -2.33. The van der Waals surface area contributed by atoms with Gasteiger partial charge in [0.25, 0.3) is 0 Å². The maximum absolute atomic E-state index is 5.53. The highest BCUT2D eigenvalue weighted by atomic mass is 32.1. The van der Waals surface area contributed by atoms with Gasteiger partial charge in [-0.15, -0.1) is 22.7 Å². The van der Waals surface area contributed by atoms with E-state index in [1.165, 1.54) is 89.3 Å². The number of para-hydroxylation sites is 1. The molecule has 13 aromatic rings. The fourth-order valence-corrected chi connectivity index (χ4v) is 12.5. The van der Waals surface area contributed by atoms with Crippen molar-refractivity contribution in [2.24, 2.45) is 9.98 Å². The molecule has 0 bridgehead atoms. The molecule has 4 heterocycles. The predicted octanol–water partition coefficient (Wildman–Crippen LogP) is 16.0. The van der Waals surface area contributed by atoms with Crippen molar-refractivity contribution >= 4 is 118 Å². The highest BCUT2D eigenvalue weighted by Gasteiger charge is 2.26. The fourth-order valence-electron chi connectivity index (χ4n) is 10.2. The molecule has 0 aliphatic carbocycles. The van der Waals surface area contributed by atoms with Crippen LogP contribution in [0.5, 0.6) is 0 Å². The van der Waals surface area contributed by atoms with E-state index in [-0.39, 0.29) is 6.17 Å². The van der Waals surface area contributed by atoms with E-state index in [4.69, 9.17) is 9.98 Å². The van der Waals surface area contributed by atoms with Gasteiger partial charge < -0.3 is 9.88 Å². The zero-order valence-corrected chi connectivity index (χ0v) is 36.5. The number of fused-ring (bicyclic) bond motifs is 12. The van der Waals surface area contributed by atoms with Gasteiger partial charge in [-0.25, -0.2) is 9.98 Å². The second kappa shape index (κ2) is 14.3. The zero-order valence-electron chi connectivity index (χ0n) is 34.9. The SMILES string of the molecule is c1ccc(C2N=C(c3ccc(-n4c5ccccc5c5cc6ccccc6cc54)cc3-c3cc4ccccc4c4sc5ccccc5c34)N=C(c3ccc4sc5ccccc5c4c3)N2)cc1. The molecule has 0 radical (unpaired) electrons. The molecule has 0 spiro atoms. The summed E-state index contributed by atoms with van der Waals surface area (Å²) in [5.74, 6) is 1.49. The summed E-state index contributed by atoms with van der Waals surface area (Å²) in [6.45, 7) is 0. The van der Waals surface area contributed by atoms with Gasteiger partial charge in [0.15, 0.2) is 5.84 Å². The van der Waals surface area contributed by atoms with Gasteiger partial charge in [0.05, 0.1) is 11.0 Å². The maximum Gasteiger partial charge on any atom is 0.160 e. The van der Waals surface area contributed by atoms with Crippen molar-refractivity contribution in [3.05, 3.63) is 223 Å². The van der Waals surface area contributed by atoms with Gasteiger partial charge >= 0.3 is 0 Å². The normalized spacial score (nSPS) is 14.3. The summed E-state index contributed by atoms with van der Waals surface area (Å²) in [4.78, 5) is 11.1. The number of amidine groups is 2. The molecule has 304 valence electrons. The first-order chi connectivity index (χ1) is 32.2. The molecule has 0 saturated carbocycles. The third-order valence-corrected chi connectivity index (χ3v) is 15.6. The van der Waals surface area contributed by atoms with Crippen molar-refractivity contribution in [1.82, 2.24) is 9.88 Å². The second-order valence-corrected chi connectivity index (χ2v) is 19.1. The molecule has 0 saturated heterocycles. The molecule has 10 aromatic carbocycles. The van der Waals surface area contributed by atoms with Gasteiger partial charge in [-0.1, -0.05) is 133 Å². The van der Waals surface area contributed by atoms with Crippen LogP contribution in [-0.4, -0.2) is 16.2 Å². The van der Waals surface area contributed by atoms with Gasteiger partial charge in [0, 0.05) is 67.9 Å². The van der Waals surface area contributed by atoms with Crippen molar-refractivity contribution < 1.29 is 0 Å². The highest BCUT2D eigenvalue weighted by molar-refractivity contribution is 7.27. The van der Waals surface area contributed by atoms with E-state index >= 15 is 0 Å². The molecule has 6 heteroatoms. The molecular weight excluding hydrogens is 829 g/mol. The number of benzene rings is 10. The van der Waals surface area contributed by atoms with Crippen LogP contribution in [0.1, 0.15) is 22.9 Å². The molecule has 1 aliphatic rings. The third kappa shape index (κ3) is 5.74. The van der Waals surface area contributed by atoms with Crippen molar-refractivity contribution in [1.29, 1.82) is 0 Å². The molecule has 1 aliphatic heterocycles. The molecule has 14 rings (SSSR count). The first kappa shape index (κ1) is 36.6. The lowest BCUT2D eigenvalue weighted by molar-refractivity contribution is 0.674. The number of hydrogen-bond donors (Lipinski definition) is 1. The number of aromatic nitrogens is 1. The van der Waals surface area contributed by atoms with Crippen molar-refractivity contribution in [3.63, 3.8) is 0 Å². The average Bonchev–Trinajstić information content (AvgIpc) is 4.05. The van der Waals surface area contributed by atoms with E-state index in [0.29, 0.717) is 5.84 Å². The van der Waals surface area contributed by atoms with Gasteiger partial charge in [0.2, 0.25) is 0 Å². The van der Waals surface area contributed by atoms with Crippen LogP contribution in [0.15, 0.2) is 216 Å². The Morgan fingerprint density at radius 3 is 1.95 bits per heavy atom. The molecule has 65 heavy (non-hydrogen) atoms. The van der Waals surface area contributed by atoms with Crippen molar-refractivity contribution in [2.75, 3.05) is 0 Å². The minimum absolute atomic E-state index is 0.356. The van der Waals surface area contributed by atoms with Crippen LogP contribution in [0.3, 0.4) is 0 Å². The van der Waals surface area contributed by atoms with E-state index in [2.05, 4.69) is 216 Å². The standard InChI is InChI=1S/C59H36N4S2/c1-2-14-35(15-3-1)57-60-58(39-26-29-54-48(32-39)43-21-9-12-24-52(43)64-54)62-59(61-57)44-28-27-40(63-50-23-11-8-20-42(50)47-30-36-16-4-5-17-37(36)33-51(47)63)34-46(44)49-31-38-18-6-7-19-41(38)56-55(49)45-22-10-13-25-53(45)65-56/h1-34,57H,(H,60,61,62). The van der Waals surface area contributed by atoms with Crippen LogP contribution in [0.25, 0.3) is 101 Å². The molecule has 1 atom stereocenters. The monoisotopic (exact) mass is 864 g/mol. The van der Waals surface area contributed by atoms with E-state index in [1.54, 1.807) is 0 Å². The third-order valence-electron chi connectivity index (χ3n) is 13.2. The van der Waals surface area contributed by atoms with Gasteiger partial charge in [-0.3, -0.25) is 0 Å². The number of rotatable bonds is 5. The predicted molar refractivity (Wildman–Crippen MR) is 279 cm³/mol. The number of aliphatic imine (C=N–C) groups is 2. The first-order valence-corrected chi connectivity index (χ1v) is 23.6. The number of thiophene rings is 2. The molecular formula is C59H36N4S2. The van der Waals surface area contributed by atoms with Crippen molar-refractivity contribution in [2.45, 2.75) is 6.17 Å². The summed E-state index contributed by atoms with van der Waals surface area (Å²) >= 11 is 3.70. The Balaban J connectivity index is 1.07. The van der Waals surface area contributed by atoms with Gasteiger partial charge in [0.1, 0.15) is 12.0 Å².